The lowest BCUT2D eigenvalue weighted by atomic mass is 10.0. The van der Waals surface area contributed by atoms with Crippen molar-refractivity contribution in [2.24, 2.45) is 0 Å². The van der Waals surface area contributed by atoms with Crippen LogP contribution in [0, 0.1) is 24.1 Å². The number of nitrogens with zero attached hydrogens (tertiary/aromatic N) is 1. The van der Waals surface area contributed by atoms with Gasteiger partial charge in [0, 0.05) is 15.2 Å². The summed E-state index contributed by atoms with van der Waals surface area (Å²) in [4.78, 5) is 12.5. The average molecular weight is 484 g/mol. The molecule has 150 valence electrons. The molecule has 3 aromatic rings. The van der Waals surface area contributed by atoms with Gasteiger partial charge in [0.05, 0.1) is 0 Å². The molecule has 0 spiro atoms. The maximum Gasteiger partial charge on any atom is 0.266 e. The van der Waals surface area contributed by atoms with Crippen LogP contribution in [0.1, 0.15) is 22.3 Å². The van der Waals surface area contributed by atoms with Gasteiger partial charge in [-0.05, 0) is 72.0 Å². The highest BCUT2D eigenvalue weighted by atomic mass is 79.9. The van der Waals surface area contributed by atoms with Gasteiger partial charge in [0.25, 0.3) is 5.91 Å². The Morgan fingerprint density at radius 2 is 1.97 bits per heavy atom. The zero-order chi connectivity index (χ0) is 21.7. The van der Waals surface area contributed by atoms with Crippen molar-refractivity contribution in [3.63, 3.8) is 0 Å². The molecule has 3 aromatic carbocycles. The quantitative estimate of drug-likeness (QED) is 0.325. The summed E-state index contributed by atoms with van der Waals surface area (Å²) in [5.41, 5.74) is 3.77. The highest BCUT2D eigenvalue weighted by Gasteiger charge is 2.12. The van der Waals surface area contributed by atoms with Crippen molar-refractivity contribution in [1.29, 1.82) is 5.26 Å². The second kappa shape index (κ2) is 9.71. The molecule has 0 saturated heterocycles. The molecule has 1 N–H and O–H groups in total. The number of anilines is 1. The summed E-state index contributed by atoms with van der Waals surface area (Å²) in [5.74, 6) is -0.786. The van der Waals surface area contributed by atoms with Crippen LogP contribution in [0.15, 0.2) is 70.7 Å². The van der Waals surface area contributed by atoms with Crippen molar-refractivity contribution in [2.45, 2.75) is 13.3 Å². The molecular weight excluding hydrogens is 467 g/mol. The molecule has 0 aromatic heterocycles. The van der Waals surface area contributed by atoms with Gasteiger partial charge in [-0.2, -0.15) is 5.26 Å². The van der Waals surface area contributed by atoms with Crippen molar-refractivity contribution in [2.75, 3.05) is 5.32 Å². The van der Waals surface area contributed by atoms with Crippen LogP contribution in [-0.2, 0) is 11.2 Å². The van der Waals surface area contributed by atoms with E-state index in [1.54, 1.807) is 31.2 Å². The van der Waals surface area contributed by atoms with E-state index < -0.39 is 5.91 Å². The van der Waals surface area contributed by atoms with Gasteiger partial charge in [0.15, 0.2) is 0 Å². The van der Waals surface area contributed by atoms with Crippen LogP contribution in [0.3, 0.4) is 0 Å². The first-order chi connectivity index (χ1) is 14.4. The number of rotatable bonds is 5. The van der Waals surface area contributed by atoms with Crippen LogP contribution in [0.5, 0.6) is 0 Å². The maximum absolute atomic E-state index is 13.4. The molecule has 0 aliphatic carbocycles. The number of carbonyl (C=O) groups is 1. The Morgan fingerprint density at radius 1 is 1.20 bits per heavy atom. The Morgan fingerprint density at radius 3 is 2.67 bits per heavy atom. The number of nitrogens with one attached hydrogen (secondary N) is 1. The fourth-order valence-corrected chi connectivity index (χ4v) is 3.62. The topological polar surface area (TPSA) is 52.9 Å². The highest BCUT2D eigenvalue weighted by Crippen LogP contribution is 2.25. The van der Waals surface area contributed by atoms with Crippen molar-refractivity contribution < 1.29 is 9.18 Å². The molecule has 1 amide bonds. The third-order valence-corrected chi connectivity index (χ3v) is 5.70. The monoisotopic (exact) mass is 482 g/mol. The fourth-order valence-electron chi connectivity index (χ4n) is 2.91. The largest absolute Gasteiger partial charge is 0.321 e. The van der Waals surface area contributed by atoms with Gasteiger partial charge in [-0.3, -0.25) is 4.79 Å². The van der Waals surface area contributed by atoms with Crippen LogP contribution < -0.4 is 5.32 Å². The van der Waals surface area contributed by atoms with Gasteiger partial charge in [-0.1, -0.05) is 57.9 Å². The van der Waals surface area contributed by atoms with E-state index in [-0.39, 0.29) is 11.4 Å². The van der Waals surface area contributed by atoms with Crippen molar-refractivity contribution in [3.8, 4) is 6.07 Å². The SMILES string of the molecule is Cc1c(Cl)cccc1NC(=O)/C(C#N)=C/c1ccc(Cc2cccc(F)c2)c(Br)c1. The number of hydrogen-bond acceptors (Lipinski definition) is 2. The van der Waals surface area contributed by atoms with Gasteiger partial charge in [-0.15, -0.1) is 0 Å². The van der Waals surface area contributed by atoms with Crippen LogP contribution in [0.4, 0.5) is 10.1 Å². The van der Waals surface area contributed by atoms with Crippen molar-refractivity contribution in [3.05, 3.63) is 104 Å². The van der Waals surface area contributed by atoms with Crippen molar-refractivity contribution >= 4 is 45.2 Å². The van der Waals surface area contributed by atoms with Gasteiger partial charge >= 0.3 is 0 Å². The van der Waals surface area contributed by atoms with Crippen LogP contribution in [0.25, 0.3) is 6.08 Å². The molecule has 3 rings (SSSR count). The zero-order valence-corrected chi connectivity index (χ0v) is 18.4. The molecule has 30 heavy (non-hydrogen) atoms. The van der Waals surface area contributed by atoms with Crippen LogP contribution in [0.2, 0.25) is 5.02 Å². The predicted octanol–water partition coefficient (Wildman–Crippen LogP) is 6.69. The zero-order valence-electron chi connectivity index (χ0n) is 16.0. The number of halogens is 3. The first kappa shape index (κ1) is 21.8. The Balaban J connectivity index is 1.80. The summed E-state index contributed by atoms with van der Waals surface area (Å²) in [6.45, 7) is 1.79. The standard InChI is InChI=1S/C24H17BrClFN2O/c1-15-22(26)6-3-7-23(15)29-24(30)19(14-28)11-17-8-9-18(21(25)13-17)10-16-4-2-5-20(27)12-16/h2-9,11-13H,10H2,1H3,(H,29,30)/b19-11+. The third kappa shape index (κ3) is 5.35. The Hall–Kier alpha value is -2.94. The molecule has 0 fully saturated rings. The van der Waals surface area contributed by atoms with E-state index in [0.717, 1.165) is 21.2 Å². The molecule has 0 atom stereocenters. The number of carbonyl (C=O) groups excluding carboxylic acids is 1. The number of hydrogen-bond donors (Lipinski definition) is 1. The molecule has 0 aliphatic heterocycles. The molecule has 0 bridgehead atoms. The summed E-state index contributed by atoms with van der Waals surface area (Å²) >= 11 is 9.60. The molecule has 0 aliphatic rings. The van der Waals surface area contributed by atoms with E-state index in [9.17, 15) is 14.4 Å². The van der Waals surface area contributed by atoms with Crippen LogP contribution in [-0.4, -0.2) is 5.91 Å². The third-order valence-electron chi connectivity index (χ3n) is 4.55. The molecule has 3 nitrogen and oxygen atoms in total. The van der Waals surface area contributed by atoms with Gasteiger partial charge in [0.2, 0.25) is 0 Å². The summed E-state index contributed by atoms with van der Waals surface area (Å²) in [5, 5.41) is 12.7. The average Bonchev–Trinajstić information content (AvgIpc) is 2.71. The smallest absolute Gasteiger partial charge is 0.266 e. The minimum Gasteiger partial charge on any atom is -0.321 e. The first-order valence-electron chi connectivity index (χ1n) is 9.08. The van der Waals surface area contributed by atoms with Gasteiger partial charge in [-0.25, -0.2) is 4.39 Å². The molecule has 0 radical (unpaired) electrons. The van der Waals surface area contributed by atoms with Gasteiger partial charge < -0.3 is 5.32 Å². The normalized spacial score (nSPS) is 11.1. The van der Waals surface area contributed by atoms with Crippen LogP contribution >= 0.6 is 27.5 Å². The van der Waals surface area contributed by atoms with E-state index in [4.69, 9.17) is 11.6 Å². The molecule has 0 saturated carbocycles. The fraction of sp³-hybridized carbons (Fsp3) is 0.0833. The minimum absolute atomic E-state index is 0.0286. The lowest BCUT2D eigenvalue weighted by Gasteiger charge is -2.09. The second-order valence-electron chi connectivity index (χ2n) is 6.69. The van der Waals surface area contributed by atoms with E-state index >= 15 is 0 Å². The van der Waals surface area contributed by atoms with E-state index in [2.05, 4.69) is 21.2 Å². The number of nitriles is 1. The summed E-state index contributed by atoms with van der Waals surface area (Å²) in [7, 11) is 0. The Bertz CT molecular complexity index is 1180. The second-order valence-corrected chi connectivity index (χ2v) is 7.96. The van der Waals surface area contributed by atoms with Crippen molar-refractivity contribution in [1.82, 2.24) is 0 Å². The highest BCUT2D eigenvalue weighted by molar-refractivity contribution is 9.10. The summed E-state index contributed by atoms with van der Waals surface area (Å²) in [6, 6.07) is 19.1. The molecular formula is C24H17BrClFN2O. The minimum atomic E-state index is -0.511. The van der Waals surface area contributed by atoms with E-state index in [1.165, 1.54) is 18.2 Å². The summed E-state index contributed by atoms with van der Waals surface area (Å²) in [6.07, 6.45) is 2.08. The van der Waals surface area contributed by atoms with E-state index in [0.29, 0.717) is 22.7 Å². The molecule has 0 heterocycles. The number of benzene rings is 3. The predicted molar refractivity (Wildman–Crippen MR) is 122 cm³/mol. The van der Waals surface area contributed by atoms with Gasteiger partial charge in [0.1, 0.15) is 17.5 Å². The Labute approximate surface area is 187 Å². The molecule has 6 heteroatoms. The lowest BCUT2D eigenvalue weighted by molar-refractivity contribution is -0.112. The lowest BCUT2D eigenvalue weighted by Crippen LogP contribution is -2.14. The maximum atomic E-state index is 13.4. The number of amides is 1. The summed E-state index contributed by atoms with van der Waals surface area (Å²) < 4.78 is 14.2. The first-order valence-corrected chi connectivity index (χ1v) is 10.3. The Kier molecular flexibility index (Phi) is 7.04. The molecule has 0 unspecified atom stereocenters. The van der Waals surface area contributed by atoms with E-state index in [1.807, 2.05) is 30.3 Å².